The predicted molar refractivity (Wildman–Crippen MR) is 166 cm³/mol. The van der Waals surface area contributed by atoms with Crippen LogP contribution in [0.3, 0.4) is 0 Å². The highest BCUT2D eigenvalue weighted by molar-refractivity contribution is 6.14. The molecule has 0 amide bonds. The lowest BCUT2D eigenvalue weighted by Crippen LogP contribution is -2.12. The van der Waals surface area contributed by atoms with Gasteiger partial charge in [-0.25, -0.2) is 4.98 Å². The van der Waals surface area contributed by atoms with Crippen LogP contribution in [0.5, 0.6) is 0 Å². The summed E-state index contributed by atoms with van der Waals surface area (Å²) in [6.45, 7) is 0. The number of anilines is 3. The van der Waals surface area contributed by atoms with Gasteiger partial charge in [-0.2, -0.15) is 0 Å². The Balaban J connectivity index is 1.35. The molecule has 9 rings (SSSR count). The Morgan fingerprint density at radius 3 is 2.17 bits per heavy atom. The third-order valence-corrected chi connectivity index (χ3v) is 7.98. The topological polar surface area (TPSA) is 55.3 Å². The summed E-state index contributed by atoms with van der Waals surface area (Å²) in [7, 11) is 0. The van der Waals surface area contributed by atoms with Gasteiger partial charge in [0, 0.05) is 46.1 Å². The van der Waals surface area contributed by atoms with Crippen molar-refractivity contribution < 1.29 is 8.83 Å². The molecular weight excluding hydrogens is 506 g/mol. The molecule has 5 heteroatoms. The van der Waals surface area contributed by atoms with E-state index in [0.717, 1.165) is 66.5 Å². The molecule has 0 spiro atoms. The number of pyridine rings is 2. The SMILES string of the molecule is c1ccc2c(c1)ccc1cc(N(c3ccc4oc5ccncc5c4c3)c3nccc4oc5ccccc5c34)ccc12. The summed E-state index contributed by atoms with van der Waals surface area (Å²) in [6, 6.07) is 37.8. The maximum Gasteiger partial charge on any atom is 0.149 e. The Labute approximate surface area is 233 Å². The fourth-order valence-corrected chi connectivity index (χ4v) is 6.10. The molecule has 0 aliphatic rings. The number of nitrogens with zero attached hydrogens (tertiary/aromatic N) is 3. The van der Waals surface area contributed by atoms with E-state index in [-0.39, 0.29) is 0 Å². The first-order chi connectivity index (χ1) is 20.3. The molecule has 4 heterocycles. The fraction of sp³-hybridized carbons (Fsp3) is 0. The molecule has 4 aromatic heterocycles. The smallest absolute Gasteiger partial charge is 0.149 e. The summed E-state index contributed by atoms with van der Waals surface area (Å²) in [5, 5.41) is 8.83. The quantitative estimate of drug-likeness (QED) is 0.214. The zero-order valence-corrected chi connectivity index (χ0v) is 21.8. The van der Waals surface area contributed by atoms with Crippen molar-refractivity contribution in [2.45, 2.75) is 0 Å². The molecule has 9 aromatic rings. The molecule has 0 aliphatic heterocycles. The van der Waals surface area contributed by atoms with Gasteiger partial charge in [0.15, 0.2) is 0 Å². The van der Waals surface area contributed by atoms with Crippen molar-refractivity contribution in [1.82, 2.24) is 9.97 Å². The zero-order valence-electron chi connectivity index (χ0n) is 21.8. The summed E-state index contributed by atoms with van der Waals surface area (Å²) < 4.78 is 12.4. The monoisotopic (exact) mass is 527 g/mol. The van der Waals surface area contributed by atoms with Gasteiger partial charge < -0.3 is 8.83 Å². The van der Waals surface area contributed by atoms with Gasteiger partial charge in [0.2, 0.25) is 0 Å². The number of benzene rings is 5. The van der Waals surface area contributed by atoms with Gasteiger partial charge in [-0.3, -0.25) is 9.88 Å². The van der Waals surface area contributed by atoms with Crippen LogP contribution in [-0.2, 0) is 0 Å². The van der Waals surface area contributed by atoms with E-state index in [1.807, 2.05) is 48.8 Å². The minimum Gasteiger partial charge on any atom is -0.456 e. The predicted octanol–water partition coefficient (Wildman–Crippen LogP) is 10.1. The number of aromatic nitrogens is 2. The first kappa shape index (κ1) is 22.2. The van der Waals surface area contributed by atoms with E-state index in [9.17, 15) is 0 Å². The summed E-state index contributed by atoms with van der Waals surface area (Å²) in [5.74, 6) is 0.804. The second kappa shape index (κ2) is 8.41. The molecule has 192 valence electrons. The molecule has 0 fully saturated rings. The van der Waals surface area contributed by atoms with Gasteiger partial charge in [0.05, 0.1) is 5.39 Å². The summed E-state index contributed by atoms with van der Waals surface area (Å²) in [5.41, 5.74) is 5.24. The minimum atomic E-state index is 0.798. The van der Waals surface area contributed by atoms with E-state index in [2.05, 4.69) is 82.7 Å². The van der Waals surface area contributed by atoms with Gasteiger partial charge in [-0.05, 0) is 70.1 Å². The Kier molecular flexibility index (Phi) is 4.55. The van der Waals surface area contributed by atoms with Crippen LogP contribution >= 0.6 is 0 Å². The molecule has 0 N–H and O–H groups in total. The Morgan fingerprint density at radius 2 is 1.20 bits per heavy atom. The molecule has 5 aromatic carbocycles. The maximum absolute atomic E-state index is 6.26. The second-order valence-electron chi connectivity index (χ2n) is 10.3. The standard InChI is InChI=1S/C36H21N3O2/c1-2-6-26-22(5-1)9-10-23-19-24(11-13-27(23)26)39(25-12-14-32-29(20-25)30-21-37-17-15-33(30)40-32)36-35-28-7-3-4-8-31(28)41-34(35)16-18-38-36/h1-21H. The van der Waals surface area contributed by atoms with E-state index in [0.29, 0.717) is 0 Å². The van der Waals surface area contributed by atoms with Crippen molar-refractivity contribution in [3.8, 4) is 0 Å². The number of hydrogen-bond donors (Lipinski definition) is 0. The largest absolute Gasteiger partial charge is 0.456 e. The van der Waals surface area contributed by atoms with Gasteiger partial charge in [-0.15, -0.1) is 0 Å². The first-order valence-electron chi connectivity index (χ1n) is 13.6. The second-order valence-corrected chi connectivity index (χ2v) is 10.3. The van der Waals surface area contributed by atoms with Crippen molar-refractivity contribution in [2.75, 3.05) is 4.90 Å². The summed E-state index contributed by atoms with van der Waals surface area (Å²) in [6.07, 6.45) is 5.43. The van der Waals surface area contributed by atoms with Crippen LogP contribution in [0, 0.1) is 0 Å². The molecule has 0 atom stereocenters. The zero-order chi connectivity index (χ0) is 26.9. The van der Waals surface area contributed by atoms with Crippen molar-refractivity contribution in [2.24, 2.45) is 0 Å². The van der Waals surface area contributed by atoms with Crippen LogP contribution in [0.2, 0.25) is 0 Å². The van der Waals surface area contributed by atoms with Gasteiger partial charge >= 0.3 is 0 Å². The molecular formula is C36H21N3O2. The molecule has 0 aliphatic carbocycles. The average molecular weight is 528 g/mol. The molecule has 0 bridgehead atoms. The van der Waals surface area contributed by atoms with Crippen LogP contribution in [0.15, 0.2) is 137 Å². The van der Waals surface area contributed by atoms with Crippen molar-refractivity contribution >= 4 is 82.6 Å². The van der Waals surface area contributed by atoms with Crippen LogP contribution in [-0.4, -0.2) is 9.97 Å². The highest BCUT2D eigenvalue weighted by Crippen LogP contribution is 2.43. The highest BCUT2D eigenvalue weighted by atomic mass is 16.3. The van der Waals surface area contributed by atoms with E-state index in [4.69, 9.17) is 13.8 Å². The average Bonchev–Trinajstić information content (AvgIpc) is 3.60. The van der Waals surface area contributed by atoms with Gasteiger partial charge in [0.25, 0.3) is 0 Å². The molecule has 0 unspecified atom stereocenters. The van der Waals surface area contributed by atoms with E-state index < -0.39 is 0 Å². The Hall–Kier alpha value is -5.68. The van der Waals surface area contributed by atoms with Crippen LogP contribution in [0.25, 0.3) is 65.4 Å². The molecule has 0 saturated heterocycles. The van der Waals surface area contributed by atoms with Crippen LogP contribution in [0.4, 0.5) is 17.2 Å². The lowest BCUT2D eigenvalue weighted by molar-refractivity contribution is 0.668. The van der Waals surface area contributed by atoms with E-state index >= 15 is 0 Å². The Bertz CT molecular complexity index is 2450. The number of fused-ring (bicyclic) bond motifs is 9. The fourth-order valence-electron chi connectivity index (χ4n) is 6.10. The summed E-state index contributed by atoms with van der Waals surface area (Å²) in [4.78, 5) is 11.5. The normalized spacial score (nSPS) is 11.9. The van der Waals surface area contributed by atoms with Crippen molar-refractivity contribution in [3.63, 3.8) is 0 Å². The number of rotatable bonds is 3. The van der Waals surface area contributed by atoms with Crippen molar-refractivity contribution in [1.29, 1.82) is 0 Å². The van der Waals surface area contributed by atoms with Gasteiger partial charge in [0.1, 0.15) is 28.1 Å². The Morgan fingerprint density at radius 1 is 0.488 bits per heavy atom. The molecule has 5 nitrogen and oxygen atoms in total. The van der Waals surface area contributed by atoms with Gasteiger partial charge in [-0.1, -0.05) is 60.7 Å². The highest BCUT2D eigenvalue weighted by Gasteiger charge is 2.22. The molecule has 0 saturated carbocycles. The summed E-state index contributed by atoms with van der Waals surface area (Å²) >= 11 is 0. The number of furan rings is 2. The van der Waals surface area contributed by atoms with Crippen molar-refractivity contribution in [3.05, 3.63) is 128 Å². The maximum atomic E-state index is 6.26. The van der Waals surface area contributed by atoms with E-state index in [1.54, 1.807) is 6.20 Å². The third kappa shape index (κ3) is 3.29. The third-order valence-electron chi connectivity index (χ3n) is 7.98. The lowest BCUT2D eigenvalue weighted by Gasteiger charge is -2.25. The lowest BCUT2D eigenvalue weighted by atomic mass is 10.0. The molecule has 0 radical (unpaired) electrons. The first-order valence-corrected chi connectivity index (χ1v) is 13.6. The van der Waals surface area contributed by atoms with E-state index in [1.165, 1.54) is 16.2 Å². The minimum absolute atomic E-state index is 0.798. The number of para-hydroxylation sites is 1. The van der Waals surface area contributed by atoms with Crippen LogP contribution in [0.1, 0.15) is 0 Å². The molecule has 41 heavy (non-hydrogen) atoms. The van der Waals surface area contributed by atoms with Crippen LogP contribution < -0.4 is 4.90 Å². The number of hydrogen-bond acceptors (Lipinski definition) is 5.